The van der Waals surface area contributed by atoms with Gasteiger partial charge in [-0.3, -0.25) is 0 Å². The largest absolute Gasteiger partial charge is 0.338 e. The van der Waals surface area contributed by atoms with Gasteiger partial charge in [0, 0.05) is 11.4 Å². The number of hydrogen-bond acceptors (Lipinski definition) is 3. The number of amides is 2. The minimum Gasteiger partial charge on any atom is -0.338 e. The summed E-state index contributed by atoms with van der Waals surface area (Å²) >= 11 is 1.59. The molecule has 0 aromatic carbocycles. The number of nitrogens with one attached hydrogen (secondary N) is 2. The van der Waals surface area contributed by atoms with E-state index in [1.807, 2.05) is 12.4 Å². The van der Waals surface area contributed by atoms with Gasteiger partial charge in [0.1, 0.15) is 0 Å². The lowest BCUT2D eigenvalue weighted by atomic mass is 9.89. The SMILES string of the molecule is Cc1ncsc1CNC(=O)NC[C@@H]1C[C@H]2CC[C@H]1C2. The van der Waals surface area contributed by atoms with Crippen LogP contribution in [0.2, 0.25) is 0 Å². The van der Waals surface area contributed by atoms with Gasteiger partial charge in [0.25, 0.3) is 0 Å². The quantitative estimate of drug-likeness (QED) is 0.890. The van der Waals surface area contributed by atoms with Gasteiger partial charge in [-0.05, 0) is 43.9 Å². The van der Waals surface area contributed by atoms with Crippen LogP contribution >= 0.6 is 11.3 Å². The summed E-state index contributed by atoms with van der Waals surface area (Å²) in [6.07, 6.45) is 5.50. The number of nitrogens with zero attached hydrogens (tertiary/aromatic N) is 1. The third-order valence-corrected chi connectivity index (χ3v) is 5.60. The van der Waals surface area contributed by atoms with Crippen LogP contribution in [0.15, 0.2) is 5.51 Å². The number of fused-ring (bicyclic) bond motifs is 2. The fraction of sp³-hybridized carbons (Fsp3) is 0.714. The van der Waals surface area contributed by atoms with Crippen molar-refractivity contribution in [3.63, 3.8) is 0 Å². The molecule has 0 saturated heterocycles. The van der Waals surface area contributed by atoms with E-state index in [0.29, 0.717) is 6.54 Å². The normalized spacial score (nSPS) is 28.6. The zero-order valence-electron chi connectivity index (χ0n) is 11.3. The summed E-state index contributed by atoms with van der Waals surface area (Å²) in [4.78, 5) is 17.1. The van der Waals surface area contributed by atoms with Crippen LogP contribution in [0.4, 0.5) is 4.79 Å². The topological polar surface area (TPSA) is 54.0 Å². The van der Waals surface area contributed by atoms with Gasteiger partial charge >= 0.3 is 6.03 Å². The van der Waals surface area contributed by atoms with Gasteiger partial charge in [-0.25, -0.2) is 9.78 Å². The maximum absolute atomic E-state index is 11.8. The number of carbonyl (C=O) groups excluding carboxylic acids is 1. The predicted octanol–water partition coefficient (Wildman–Crippen LogP) is 2.69. The van der Waals surface area contributed by atoms with Crippen LogP contribution in [0.25, 0.3) is 0 Å². The molecule has 5 heteroatoms. The third-order valence-electron chi connectivity index (χ3n) is 4.66. The van der Waals surface area contributed by atoms with Crippen LogP contribution in [0.5, 0.6) is 0 Å². The molecular formula is C14H21N3OS. The number of hydrogen-bond donors (Lipinski definition) is 2. The Balaban J connectivity index is 1.39. The first-order chi connectivity index (χ1) is 9.22. The fourth-order valence-electron chi connectivity index (χ4n) is 3.57. The summed E-state index contributed by atoms with van der Waals surface area (Å²) in [6, 6.07) is -0.0458. The molecule has 4 nitrogen and oxygen atoms in total. The Morgan fingerprint density at radius 1 is 1.42 bits per heavy atom. The molecule has 1 heterocycles. The predicted molar refractivity (Wildman–Crippen MR) is 76.0 cm³/mol. The van der Waals surface area contributed by atoms with E-state index in [4.69, 9.17) is 0 Å². The second-order valence-electron chi connectivity index (χ2n) is 5.86. The minimum absolute atomic E-state index is 0.0458. The first-order valence-electron chi connectivity index (χ1n) is 7.13. The molecule has 2 aliphatic carbocycles. The first kappa shape index (κ1) is 12.9. The fourth-order valence-corrected chi connectivity index (χ4v) is 4.29. The molecule has 2 fully saturated rings. The maximum atomic E-state index is 11.8. The Morgan fingerprint density at radius 3 is 2.95 bits per heavy atom. The van der Waals surface area contributed by atoms with Gasteiger partial charge in [0.2, 0.25) is 0 Å². The summed E-state index contributed by atoms with van der Waals surface area (Å²) < 4.78 is 0. The molecule has 2 amide bonds. The molecular weight excluding hydrogens is 258 g/mol. The molecule has 1 aromatic rings. The molecule has 2 aliphatic rings. The van der Waals surface area contributed by atoms with Crippen LogP contribution in [-0.2, 0) is 6.54 Å². The molecule has 3 rings (SSSR count). The van der Waals surface area contributed by atoms with Gasteiger partial charge in [-0.1, -0.05) is 6.42 Å². The molecule has 2 N–H and O–H groups in total. The molecule has 0 aliphatic heterocycles. The Hall–Kier alpha value is -1.10. The lowest BCUT2D eigenvalue weighted by molar-refractivity contribution is 0.234. The average Bonchev–Trinajstić information content (AvgIpc) is 3.10. The number of carbonyl (C=O) groups is 1. The summed E-state index contributed by atoms with van der Waals surface area (Å²) in [5.41, 5.74) is 2.83. The molecule has 1 aromatic heterocycles. The van der Waals surface area contributed by atoms with Crippen molar-refractivity contribution in [2.24, 2.45) is 17.8 Å². The van der Waals surface area contributed by atoms with Crippen molar-refractivity contribution < 1.29 is 4.79 Å². The van der Waals surface area contributed by atoms with E-state index in [1.165, 1.54) is 25.7 Å². The number of rotatable bonds is 4. The number of aryl methyl sites for hydroxylation is 1. The van der Waals surface area contributed by atoms with E-state index in [2.05, 4.69) is 15.6 Å². The molecule has 3 atom stereocenters. The van der Waals surface area contributed by atoms with Gasteiger partial charge in [0.05, 0.1) is 17.7 Å². The van der Waals surface area contributed by atoms with Gasteiger partial charge < -0.3 is 10.6 Å². The summed E-state index contributed by atoms with van der Waals surface area (Å²) in [6.45, 7) is 3.40. The summed E-state index contributed by atoms with van der Waals surface area (Å²) in [5.74, 6) is 2.53. The maximum Gasteiger partial charge on any atom is 0.315 e. The van der Waals surface area contributed by atoms with Crippen molar-refractivity contribution in [2.75, 3.05) is 6.54 Å². The minimum atomic E-state index is -0.0458. The van der Waals surface area contributed by atoms with Crippen molar-refractivity contribution in [3.05, 3.63) is 16.1 Å². The van der Waals surface area contributed by atoms with E-state index >= 15 is 0 Å². The summed E-state index contributed by atoms with van der Waals surface area (Å²) in [5, 5.41) is 5.94. The third kappa shape index (κ3) is 2.91. The lowest BCUT2D eigenvalue weighted by Crippen LogP contribution is -2.38. The number of thiazole rings is 1. The second kappa shape index (κ2) is 5.49. The van der Waals surface area contributed by atoms with Crippen LogP contribution in [0.3, 0.4) is 0 Å². The average molecular weight is 279 g/mol. The number of urea groups is 1. The Kier molecular flexibility index (Phi) is 3.73. The van der Waals surface area contributed by atoms with E-state index in [-0.39, 0.29) is 6.03 Å². The van der Waals surface area contributed by atoms with E-state index < -0.39 is 0 Å². The zero-order chi connectivity index (χ0) is 13.2. The molecule has 2 bridgehead atoms. The molecule has 104 valence electrons. The van der Waals surface area contributed by atoms with Gasteiger partial charge in [-0.15, -0.1) is 11.3 Å². The highest BCUT2D eigenvalue weighted by Gasteiger charge is 2.39. The monoisotopic (exact) mass is 279 g/mol. The van der Waals surface area contributed by atoms with Gasteiger partial charge in [0.15, 0.2) is 0 Å². The van der Waals surface area contributed by atoms with E-state index in [9.17, 15) is 4.79 Å². The van der Waals surface area contributed by atoms with Crippen LogP contribution in [0, 0.1) is 24.7 Å². The van der Waals surface area contributed by atoms with Crippen LogP contribution in [0.1, 0.15) is 36.3 Å². The van der Waals surface area contributed by atoms with Gasteiger partial charge in [-0.2, -0.15) is 0 Å². The standard InChI is InChI=1S/C14H21N3OS/c1-9-13(19-8-17-9)7-16-14(18)15-6-12-5-10-2-3-11(12)4-10/h8,10-12H,2-7H2,1H3,(H2,15,16,18)/t10-,11-,12-/m0/s1. The summed E-state index contributed by atoms with van der Waals surface area (Å²) in [7, 11) is 0. The van der Waals surface area contributed by atoms with E-state index in [0.717, 1.165) is 34.9 Å². The Morgan fingerprint density at radius 2 is 2.32 bits per heavy atom. The Labute approximate surface area is 118 Å². The first-order valence-corrected chi connectivity index (χ1v) is 8.01. The van der Waals surface area contributed by atoms with Crippen LogP contribution in [-0.4, -0.2) is 17.6 Å². The number of aromatic nitrogens is 1. The highest BCUT2D eigenvalue weighted by atomic mass is 32.1. The molecule has 0 unspecified atom stereocenters. The van der Waals surface area contributed by atoms with E-state index in [1.54, 1.807) is 11.3 Å². The molecule has 0 radical (unpaired) electrons. The van der Waals surface area contributed by atoms with Crippen molar-refractivity contribution in [2.45, 2.75) is 39.2 Å². The second-order valence-corrected chi connectivity index (χ2v) is 6.80. The highest BCUT2D eigenvalue weighted by Crippen LogP contribution is 2.47. The van der Waals surface area contributed by atoms with Crippen molar-refractivity contribution in [1.29, 1.82) is 0 Å². The Bertz CT molecular complexity index is 459. The smallest absolute Gasteiger partial charge is 0.315 e. The van der Waals surface area contributed by atoms with Crippen molar-refractivity contribution in [1.82, 2.24) is 15.6 Å². The molecule has 0 spiro atoms. The molecule has 19 heavy (non-hydrogen) atoms. The van der Waals surface area contributed by atoms with Crippen LogP contribution < -0.4 is 10.6 Å². The lowest BCUT2D eigenvalue weighted by Gasteiger charge is -2.21. The molecule has 2 saturated carbocycles. The zero-order valence-corrected chi connectivity index (χ0v) is 12.1. The highest BCUT2D eigenvalue weighted by molar-refractivity contribution is 7.09. The van der Waals surface area contributed by atoms with Crippen molar-refractivity contribution >= 4 is 17.4 Å². The van der Waals surface area contributed by atoms with Crippen molar-refractivity contribution in [3.8, 4) is 0 Å².